The molecule has 1 atom stereocenters. The van der Waals surface area contributed by atoms with Gasteiger partial charge < -0.3 is 10.3 Å². The number of aromatic nitrogens is 3. The number of hydrogen-bond donors (Lipinski definition) is 1. The Hall–Kier alpha value is -1.42. The monoisotopic (exact) mass is 190 g/mol. The molecule has 0 radical (unpaired) electrons. The summed E-state index contributed by atoms with van der Waals surface area (Å²) in [5.74, 6) is 0.926. The fraction of sp³-hybridized carbons (Fsp3) is 0.400. The Morgan fingerprint density at radius 3 is 3.00 bits per heavy atom. The average Bonchev–Trinajstić information content (AvgIpc) is 2.56. The Balaban J connectivity index is 2.72. The van der Waals surface area contributed by atoms with Gasteiger partial charge >= 0.3 is 0 Å². The van der Waals surface area contributed by atoms with Crippen LogP contribution in [0.3, 0.4) is 0 Å². The van der Waals surface area contributed by atoms with Gasteiger partial charge in [0.15, 0.2) is 0 Å². The van der Waals surface area contributed by atoms with Crippen LogP contribution in [0.25, 0.3) is 11.0 Å². The zero-order valence-corrected chi connectivity index (χ0v) is 8.44. The van der Waals surface area contributed by atoms with Crippen molar-refractivity contribution in [3.05, 3.63) is 24.3 Å². The van der Waals surface area contributed by atoms with Crippen molar-refractivity contribution in [2.24, 2.45) is 5.73 Å². The number of pyridine rings is 1. The molecule has 4 heteroatoms. The van der Waals surface area contributed by atoms with E-state index in [1.54, 1.807) is 12.4 Å². The van der Waals surface area contributed by atoms with Crippen LogP contribution in [0, 0.1) is 0 Å². The van der Waals surface area contributed by atoms with Crippen LogP contribution >= 0.6 is 0 Å². The van der Waals surface area contributed by atoms with Crippen LogP contribution in [0.5, 0.6) is 0 Å². The Morgan fingerprint density at radius 2 is 2.36 bits per heavy atom. The van der Waals surface area contributed by atoms with E-state index < -0.39 is 0 Å². The molecule has 0 spiro atoms. The second-order valence-corrected chi connectivity index (χ2v) is 3.37. The maximum Gasteiger partial charge on any atom is 0.126 e. The molecule has 0 bridgehead atoms. The van der Waals surface area contributed by atoms with Gasteiger partial charge in [0.05, 0.1) is 17.8 Å². The molecule has 2 heterocycles. The van der Waals surface area contributed by atoms with Gasteiger partial charge in [-0.2, -0.15) is 0 Å². The average molecular weight is 190 g/mol. The van der Waals surface area contributed by atoms with E-state index in [2.05, 4.69) is 21.5 Å². The van der Waals surface area contributed by atoms with Gasteiger partial charge in [0.25, 0.3) is 0 Å². The number of fused-ring (bicyclic) bond motifs is 1. The van der Waals surface area contributed by atoms with Gasteiger partial charge in [-0.15, -0.1) is 0 Å². The molecule has 2 rings (SSSR count). The maximum atomic E-state index is 5.85. The summed E-state index contributed by atoms with van der Waals surface area (Å²) in [6, 6.07) is 1.93. The second-order valence-electron chi connectivity index (χ2n) is 3.37. The van der Waals surface area contributed by atoms with Gasteiger partial charge in [-0.1, -0.05) is 0 Å². The predicted molar refractivity (Wildman–Crippen MR) is 55.8 cm³/mol. The largest absolute Gasteiger partial charge is 0.327 e. The Bertz CT molecular complexity index is 444. The summed E-state index contributed by atoms with van der Waals surface area (Å²) in [4.78, 5) is 8.50. The van der Waals surface area contributed by atoms with E-state index in [4.69, 9.17) is 5.73 Å². The molecule has 2 aromatic heterocycles. The standard InChI is InChI=1S/C10H14N4/c1-3-14-9-4-5-12-6-8(9)13-10(14)7(2)11/h4-7H,3,11H2,1-2H3/t7-/m1/s1. The number of rotatable bonds is 2. The van der Waals surface area contributed by atoms with Crippen LogP contribution in [0.15, 0.2) is 18.5 Å². The van der Waals surface area contributed by atoms with Crippen molar-refractivity contribution in [1.82, 2.24) is 14.5 Å². The molecule has 2 aromatic rings. The molecule has 74 valence electrons. The van der Waals surface area contributed by atoms with Crippen molar-refractivity contribution in [1.29, 1.82) is 0 Å². The molecular formula is C10H14N4. The second kappa shape index (κ2) is 3.38. The van der Waals surface area contributed by atoms with Crippen molar-refractivity contribution >= 4 is 11.0 Å². The molecule has 2 N–H and O–H groups in total. The highest BCUT2D eigenvalue weighted by molar-refractivity contribution is 5.74. The van der Waals surface area contributed by atoms with E-state index in [-0.39, 0.29) is 6.04 Å². The first-order valence-corrected chi connectivity index (χ1v) is 4.79. The normalized spacial score (nSPS) is 13.4. The lowest BCUT2D eigenvalue weighted by atomic mass is 10.3. The molecule has 0 aliphatic rings. The molecule has 0 saturated heterocycles. The van der Waals surface area contributed by atoms with Gasteiger partial charge in [-0.3, -0.25) is 4.98 Å². The molecule has 0 saturated carbocycles. The van der Waals surface area contributed by atoms with E-state index in [0.717, 1.165) is 23.4 Å². The third-order valence-electron chi connectivity index (χ3n) is 2.30. The third kappa shape index (κ3) is 1.28. The Morgan fingerprint density at radius 1 is 1.57 bits per heavy atom. The third-order valence-corrected chi connectivity index (χ3v) is 2.30. The minimum Gasteiger partial charge on any atom is -0.327 e. The van der Waals surface area contributed by atoms with Gasteiger partial charge in [0.1, 0.15) is 11.3 Å². The highest BCUT2D eigenvalue weighted by Gasteiger charge is 2.11. The fourth-order valence-corrected chi connectivity index (χ4v) is 1.68. The molecule has 0 unspecified atom stereocenters. The summed E-state index contributed by atoms with van der Waals surface area (Å²) >= 11 is 0. The number of nitrogens with zero attached hydrogens (tertiary/aromatic N) is 3. The van der Waals surface area contributed by atoms with Crippen LogP contribution in [0.1, 0.15) is 25.7 Å². The highest BCUT2D eigenvalue weighted by Crippen LogP contribution is 2.18. The molecule has 4 nitrogen and oxygen atoms in total. The van der Waals surface area contributed by atoms with Crippen LogP contribution < -0.4 is 5.73 Å². The van der Waals surface area contributed by atoms with Crippen molar-refractivity contribution in [2.45, 2.75) is 26.4 Å². The number of aryl methyl sites for hydroxylation is 1. The molecule has 0 amide bonds. The first kappa shape index (κ1) is 9.15. The lowest BCUT2D eigenvalue weighted by Gasteiger charge is -2.07. The topological polar surface area (TPSA) is 56.7 Å². The van der Waals surface area contributed by atoms with Gasteiger partial charge in [-0.05, 0) is 19.9 Å². The summed E-state index contributed by atoms with van der Waals surface area (Å²) in [6.07, 6.45) is 3.55. The first-order chi connectivity index (χ1) is 6.74. The van der Waals surface area contributed by atoms with E-state index in [0.29, 0.717) is 0 Å². The zero-order chi connectivity index (χ0) is 10.1. The Labute approximate surface area is 82.8 Å². The molecule has 0 aliphatic heterocycles. The summed E-state index contributed by atoms with van der Waals surface area (Å²) < 4.78 is 2.13. The smallest absolute Gasteiger partial charge is 0.126 e. The SMILES string of the molecule is CCn1c([C@@H](C)N)nc2cnccc21. The summed E-state index contributed by atoms with van der Waals surface area (Å²) in [5.41, 5.74) is 7.87. The lowest BCUT2D eigenvalue weighted by Crippen LogP contribution is -2.12. The lowest BCUT2D eigenvalue weighted by molar-refractivity contribution is 0.650. The highest BCUT2D eigenvalue weighted by atomic mass is 15.1. The fourth-order valence-electron chi connectivity index (χ4n) is 1.68. The molecule has 0 aliphatic carbocycles. The number of hydrogen-bond acceptors (Lipinski definition) is 3. The van der Waals surface area contributed by atoms with Crippen molar-refractivity contribution < 1.29 is 0 Å². The van der Waals surface area contributed by atoms with Crippen LogP contribution in [-0.2, 0) is 6.54 Å². The summed E-state index contributed by atoms with van der Waals surface area (Å²) in [5, 5.41) is 0. The Kier molecular flexibility index (Phi) is 2.21. The summed E-state index contributed by atoms with van der Waals surface area (Å²) in [7, 11) is 0. The van der Waals surface area contributed by atoms with Crippen molar-refractivity contribution in [3.63, 3.8) is 0 Å². The van der Waals surface area contributed by atoms with Crippen LogP contribution in [-0.4, -0.2) is 14.5 Å². The van der Waals surface area contributed by atoms with E-state index >= 15 is 0 Å². The zero-order valence-electron chi connectivity index (χ0n) is 8.44. The van der Waals surface area contributed by atoms with Gasteiger partial charge in [0.2, 0.25) is 0 Å². The number of nitrogens with two attached hydrogens (primary N) is 1. The summed E-state index contributed by atoms with van der Waals surface area (Å²) in [6.45, 7) is 4.92. The molecular weight excluding hydrogens is 176 g/mol. The minimum absolute atomic E-state index is 0.0395. The quantitative estimate of drug-likeness (QED) is 0.780. The van der Waals surface area contributed by atoms with Crippen molar-refractivity contribution in [2.75, 3.05) is 0 Å². The van der Waals surface area contributed by atoms with Gasteiger partial charge in [-0.25, -0.2) is 4.98 Å². The van der Waals surface area contributed by atoms with E-state index in [9.17, 15) is 0 Å². The molecule has 0 aromatic carbocycles. The maximum absolute atomic E-state index is 5.85. The van der Waals surface area contributed by atoms with E-state index in [1.165, 1.54) is 0 Å². The minimum atomic E-state index is -0.0395. The van der Waals surface area contributed by atoms with Gasteiger partial charge in [0, 0.05) is 12.7 Å². The molecule has 14 heavy (non-hydrogen) atoms. The van der Waals surface area contributed by atoms with Crippen molar-refractivity contribution in [3.8, 4) is 0 Å². The van der Waals surface area contributed by atoms with E-state index in [1.807, 2.05) is 13.0 Å². The number of imidazole rings is 1. The predicted octanol–water partition coefficient (Wildman–Crippen LogP) is 1.47. The van der Waals surface area contributed by atoms with Crippen LogP contribution in [0.4, 0.5) is 0 Å². The first-order valence-electron chi connectivity index (χ1n) is 4.79. The molecule has 0 fully saturated rings. The van der Waals surface area contributed by atoms with Crippen LogP contribution in [0.2, 0.25) is 0 Å².